The molecule has 1 amide bonds. The number of hydroxylamine groups is 1. The van der Waals surface area contributed by atoms with E-state index < -0.39 is 16.3 Å². The van der Waals surface area contributed by atoms with Crippen LogP contribution in [0.3, 0.4) is 0 Å². The molecule has 6 nitrogen and oxygen atoms in total. The fourth-order valence-electron chi connectivity index (χ4n) is 0.935. The van der Waals surface area contributed by atoms with E-state index in [1.165, 1.54) is 12.1 Å². The van der Waals surface area contributed by atoms with Crippen molar-refractivity contribution in [2.75, 3.05) is 5.06 Å². The zero-order valence-electron chi connectivity index (χ0n) is 7.82. The molecule has 0 radical (unpaired) electrons. The van der Waals surface area contributed by atoms with Gasteiger partial charge in [-0.1, -0.05) is 18.2 Å². The van der Waals surface area contributed by atoms with Crippen molar-refractivity contribution in [1.82, 2.24) is 0 Å². The molecule has 82 valence electrons. The third kappa shape index (κ3) is 3.66. The third-order valence-electron chi connectivity index (χ3n) is 1.45. The van der Waals surface area contributed by atoms with Crippen molar-refractivity contribution in [1.29, 1.82) is 0 Å². The van der Waals surface area contributed by atoms with Crippen LogP contribution in [0.15, 0.2) is 30.3 Å². The van der Waals surface area contributed by atoms with Crippen LogP contribution in [-0.2, 0) is 19.5 Å². The standard InChI is InChI=1S/C8H9NO5S/c1-7(10)9(14-15(11,12)13)8-5-3-2-4-6-8/h2-6H,1H3,(H,11,12,13). The smallest absolute Gasteiger partial charge is 0.272 e. The number of hydrogen-bond acceptors (Lipinski definition) is 4. The van der Waals surface area contributed by atoms with Crippen molar-refractivity contribution in [3.63, 3.8) is 0 Å². The maximum absolute atomic E-state index is 11.0. The number of hydrogen-bond donors (Lipinski definition) is 1. The Morgan fingerprint density at radius 1 is 1.33 bits per heavy atom. The molecule has 1 rings (SSSR count). The van der Waals surface area contributed by atoms with Gasteiger partial charge >= 0.3 is 10.4 Å². The lowest BCUT2D eigenvalue weighted by atomic mass is 10.3. The van der Waals surface area contributed by atoms with Crippen molar-refractivity contribution >= 4 is 22.0 Å². The zero-order chi connectivity index (χ0) is 11.5. The van der Waals surface area contributed by atoms with Crippen molar-refractivity contribution in [3.8, 4) is 0 Å². The maximum atomic E-state index is 11.0. The Kier molecular flexibility index (Phi) is 3.40. The first kappa shape index (κ1) is 11.6. The Morgan fingerprint density at radius 3 is 2.27 bits per heavy atom. The predicted octanol–water partition coefficient (Wildman–Crippen LogP) is 0.774. The summed E-state index contributed by atoms with van der Waals surface area (Å²) in [6.45, 7) is 1.11. The fourth-order valence-corrected chi connectivity index (χ4v) is 1.31. The molecule has 0 saturated heterocycles. The Labute approximate surface area is 87.0 Å². The van der Waals surface area contributed by atoms with E-state index in [0.29, 0.717) is 5.06 Å². The second-order valence-electron chi connectivity index (χ2n) is 2.65. The Bertz CT molecular complexity index is 441. The van der Waals surface area contributed by atoms with E-state index in [1.807, 2.05) is 0 Å². The van der Waals surface area contributed by atoms with Crippen LogP contribution < -0.4 is 5.06 Å². The molecular formula is C8H9NO5S. The second kappa shape index (κ2) is 4.39. The van der Waals surface area contributed by atoms with Crippen molar-refractivity contribution in [2.24, 2.45) is 0 Å². The number of anilines is 1. The quantitative estimate of drug-likeness (QED) is 0.613. The normalized spacial score (nSPS) is 11.1. The minimum absolute atomic E-state index is 0.211. The molecule has 0 aliphatic rings. The van der Waals surface area contributed by atoms with Crippen LogP contribution in [0.1, 0.15) is 6.92 Å². The molecule has 15 heavy (non-hydrogen) atoms. The highest BCUT2D eigenvalue weighted by Crippen LogP contribution is 2.14. The lowest BCUT2D eigenvalue weighted by Crippen LogP contribution is -2.31. The first-order valence-electron chi connectivity index (χ1n) is 3.93. The van der Waals surface area contributed by atoms with Gasteiger partial charge in [-0.05, 0) is 12.1 Å². The maximum Gasteiger partial charge on any atom is 0.418 e. The van der Waals surface area contributed by atoms with E-state index in [-0.39, 0.29) is 5.69 Å². The number of carbonyl (C=O) groups excluding carboxylic acids is 1. The van der Waals surface area contributed by atoms with Crippen LogP contribution in [0.25, 0.3) is 0 Å². The summed E-state index contributed by atoms with van der Waals surface area (Å²) in [4.78, 5) is 11.0. The topological polar surface area (TPSA) is 83.9 Å². The minimum Gasteiger partial charge on any atom is -0.272 e. The average molecular weight is 231 g/mol. The molecule has 0 atom stereocenters. The summed E-state index contributed by atoms with van der Waals surface area (Å²) in [5.41, 5.74) is 0.211. The summed E-state index contributed by atoms with van der Waals surface area (Å²) < 4.78 is 33.5. The molecule has 0 saturated carbocycles. The third-order valence-corrected chi connectivity index (χ3v) is 1.78. The number of nitrogens with zero attached hydrogens (tertiary/aromatic N) is 1. The summed E-state index contributed by atoms with van der Waals surface area (Å²) >= 11 is 0. The number of carbonyl (C=O) groups is 1. The molecular weight excluding hydrogens is 222 g/mol. The van der Waals surface area contributed by atoms with Gasteiger partial charge in [-0.25, -0.2) is 0 Å². The fraction of sp³-hybridized carbons (Fsp3) is 0.125. The summed E-state index contributed by atoms with van der Waals surface area (Å²) in [5.74, 6) is -0.668. The highest BCUT2D eigenvalue weighted by molar-refractivity contribution is 7.81. The predicted molar refractivity (Wildman–Crippen MR) is 52.2 cm³/mol. The molecule has 0 bridgehead atoms. The number of para-hydroxylation sites is 1. The largest absolute Gasteiger partial charge is 0.418 e. The molecule has 0 unspecified atom stereocenters. The molecule has 0 spiro atoms. The van der Waals surface area contributed by atoms with E-state index in [4.69, 9.17) is 4.55 Å². The van der Waals surface area contributed by atoms with E-state index in [1.54, 1.807) is 18.2 Å². The van der Waals surface area contributed by atoms with E-state index in [2.05, 4.69) is 4.28 Å². The number of rotatable bonds is 3. The SMILES string of the molecule is CC(=O)N(OS(=O)(=O)O)c1ccccc1. The summed E-state index contributed by atoms with van der Waals surface area (Å²) in [5, 5.41) is 0.481. The van der Waals surface area contributed by atoms with Crippen LogP contribution in [0.2, 0.25) is 0 Å². The van der Waals surface area contributed by atoms with Gasteiger partial charge in [0.1, 0.15) is 0 Å². The van der Waals surface area contributed by atoms with Gasteiger partial charge in [0.15, 0.2) is 0 Å². The average Bonchev–Trinajstić information content (AvgIpc) is 2.14. The van der Waals surface area contributed by atoms with E-state index >= 15 is 0 Å². The molecule has 0 heterocycles. The summed E-state index contributed by atoms with van der Waals surface area (Å²) in [6, 6.07) is 7.81. The Balaban J connectivity index is 3.00. The van der Waals surface area contributed by atoms with Gasteiger partial charge in [0.2, 0.25) is 5.91 Å². The van der Waals surface area contributed by atoms with Crippen LogP contribution in [-0.4, -0.2) is 18.9 Å². The lowest BCUT2D eigenvalue weighted by molar-refractivity contribution is -0.120. The highest BCUT2D eigenvalue weighted by atomic mass is 32.3. The molecule has 0 fully saturated rings. The zero-order valence-corrected chi connectivity index (χ0v) is 8.64. The first-order chi connectivity index (χ1) is 6.90. The number of benzene rings is 1. The molecule has 1 N–H and O–H groups in total. The molecule has 1 aromatic carbocycles. The van der Waals surface area contributed by atoms with Crippen molar-refractivity contribution in [2.45, 2.75) is 6.92 Å². The molecule has 0 aromatic heterocycles. The number of amides is 1. The Hall–Kier alpha value is -1.44. The van der Waals surface area contributed by atoms with Crippen molar-refractivity contribution in [3.05, 3.63) is 30.3 Å². The summed E-state index contributed by atoms with van der Waals surface area (Å²) in [7, 11) is -4.71. The van der Waals surface area contributed by atoms with E-state index in [9.17, 15) is 13.2 Å². The lowest BCUT2D eigenvalue weighted by Gasteiger charge is -2.16. The highest BCUT2D eigenvalue weighted by Gasteiger charge is 2.19. The van der Waals surface area contributed by atoms with Gasteiger partial charge in [0.05, 0.1) is 5.69 Å². The second-order valence-corrected chi connectivity index (χ2v) is 3.66. The molecule has 0 aliphatic heterocycles. The minimum atomic E-state index is -4.71. The Morgan fingerprint density at radius 2 is 1.87 bits per heavy atom. The monoisotopic (exact) mass is 231 g/mol. The van der Waals surface area contributed by atoms with Crippen molar-refractivity contribution < 1.29 is 22.0 Å². The molecule has 7 heteroatoms. The van der Waals surface area contributed by atoms with Gasteiger partial charge in [-0.15, -0.1) is 4.28 Å². The van der Waals surface area contributed by atoms with Gasteiger partial charge in [0, 0.05) is 6.92 Å². The first-order valence-corrected chi connectivity index (χ1v) is 5.29. The summed E-state index contributed by atoms with van der Waals surface area (Å²) in [6.07, 6.45) is 0. The van der Waals surface area contributed by atoms with E-state index in [0.717, 1.165) is 6.92 Å². The van der Waals surface area contributed by atoms with Gasteiger partial charge in [-0.3, -0.25) is 9.35 Å². The molecule has 0 aliphatic carbocycles. The van der Waals surface area contributed by atoms with Gasteiger partial charge in [0.25, 0.3) is 0 Å². The van der Waals surface area contributed by atoms with Crippen LogP contribution >= 0.6 is 0 Å². The van der Waals surface area contributed by atoms with Gasteiger partial charge in [-0.2, -0.15) is 13.5 Å². The van der Waals surface area contributed by atoms with Crippen LogP contribution in [0, 0.1) is 0 Å². The van der Waals surface area contributed by atoms with Gasteiger partial charge < -0.3 is 0 Å². The van der Waals surface area contributed by atoms with Crippen LogP contribution in [0.5, 0.6) is 0 Å². The van der Waals surface area contributed by atoms with Crippen LogP contribution in [0.4, 0.5) is 5.69 Å². The molecule has 1 aromatic rings.